The summed E-state index contributed by atoms with van der Waals surface area (Å²) in [5.41, 5.74) is 2.09. The molecule has 2 heterocycles. The molecular formula is C21H29ClN2O2. The molecule has 0 aliphatic carbocycles. The molecule has 26 heavy (non-hydrogen) atoms. The smallest absolute Gasteiger partial charge is 0.257 e. The van der Waals surface area contributed by atoms with Crippen molar-refractivity contribution < 1.29 is 9.21 Å². The fraction of sp³-hybridized carbons (Fsp3) is 0.476. The van der Waals surface area contributed by atoms with E-state index < -0.39 is 0 Å². The quantitative estimate of drug-likeness (QED) is 0.785. The molecule has 0 saturated carbocycles. The summed E-state index contributed by atoms with van der Waals surface area (Å²) in [5, 5.41) is 0. The van der Waals surface area contributed by atoms with Crippen LogP contribution in [0.3, 0.4) is 0 Å². The fourth-order valence-electron chi connectivity index (χ4n) is 3.69. The van der Waals surface area contributed by atoms with Crippen molar-refractivity contribution in [1.82, 2.24) is 9.80 Å². The normalized spacial score (nSPS) is 20.7. The number of carbonyl (C=O) groups excluding carboxylic acids is 1. The van der Waals surface area contributed by atoms with Crippen LogP contribution in [0.15, 0.2) is 47.1 Å². The molecule has 0 unspecified atom stereocenters. The van der Waals surface area contributed by atoms with E-state index in [0.717, 1.165) is 32.5 Å². The van der Waals surface area contributed by atoms with E-state index in [1.54, 1.807) is 12.3 Å². The number of aryl methyl sites for hydroxylation is 2. The molecular weight excluding hydrogens is 348 g/mol. The lowest BCUT2D eigenvalue weighted by Crippen LogP contribution is -2.58. The topological polar surface area (TPSA) is 36.7 Å². The standard InChI is InChI=1S/C21H28N2O2.ClH/c1-16-15-23(21(24)20-11-13-25-18(20)3)17(2)14-22(16)12-7-10-19-8-5-4-6-9-19;/h4-6,8-9,11,13,16-17H,7,10,12,14-15H2,1-3H3;1H/t16-,17+;/m0./s1. The lowest BCUT2D eigenvalue weighted by atomic mass is 10.0. The number of nitrogens with zero attached hydrogens (tertiary/aromatic N) is 2. The molecule has 1 fully saturated rings. The molecule has 0 radical (unpaired) electrons. The molecule has 4 nitrogen and oxygen atoms in total. The number of hydrogen-bond acceptors (Lipinski definition) is 3. The molecule has 1 aliphatic heterocycles. The van der Waals surface area contributed by atoms with E-state index in [4.69, 9.17) is 4.42 Å². The summed E-state index contributed by atoms with van der Waals surface area (Å²) in [6, 6.07) is 13.0. The molecule has 0 spiro atoms. The highest BCUT2D eigenvalue weighted by molar-refractivity contribution is 5.95. The average Bonchev–Trinajstić information content (AvgIpc) is 3.04. The maximum atomic E-state index is 12.8. The molecule has 2 atom stereocenters. The lowest BCUT2D eigenvalue weighted by Gasteiger charge is -2.44. The Morgan fingerprint density at radius 3 is 2.50 bits per heavy atom. The van der Waals surface area contributed by atoms with E-state index in [9.17, 15) is 4.79 Å². The first-order valence-electron chi connectivity index (χ1n) is 9.19. The van der Waals surface area contributed by atoms with Gasteiger partial charge in [-0.15, -0.1) is 12.4 Å². The number of furan rings is 1. The first-order chi connectivity index (χ1) is 12.1. The summed E-state index contributed by atoms with van der Waals surface area (Å²) in [6.07, 6.45) is 3.85. The number of benzene rings is 1. The van der Waals surface area contributed by atoms with E-state index in [1.807, 2.05) is 11.8 Å². The van der Waals surface area contributed by atoms with Crippen molar-refractivity contribution in [2.24, 2.45) is 0 Å². The molecule has 1 aromatic carbocycles. The van der Waals surface area contributed by atoms with E-state index in [-0.39, 0.29) is 24.4 Å². The van der Waals surface area contributed by atoms with Gasteiger partial charge < -0.3 is 9.32 Å². The second-order valence-electron chi connectivity index (χ2n) is 7.13. The minimum absolute atomic E-state index is 0. The summed E-state index contributed by atoms with van der Waals surface area (Å²) in [6.45, 7) is 8.99. The SMILES string of the molecule is Cc1occc1C(=O)N1C[C@H](C)N(CCCc2ccccc2)C[C@H]1C.Cl. The molecule has 1 amide bonds. The van der Waals surface area contributed by atoms with Crippen LogP contribution < -0.4 is 0 Å². The van der Waals surface area contributed by atoms with E-state index in [1.165, 1.54) is 5.56 Å². The highest BCUT2D eigenvalue weighted by Gasteiger charge is 2.32. The van der Waals surface area contributed by atoms with Crippen molar-refractivity contribution in [2.75, 3.05) is 19.6 Å². The minimum atomic E-state index is 0. The zero-order chi connectivity index (χ0) is 17.8. The third-order valence-electron chi connectivity index (χ3n) is 5.22. The van der Waals surface area contributed by atoms with Gasteiger partial charge in [0.05, 0.1) is 11.8 Å². The highest BCUT2D eigenvalue weighted by Crippen LogP contribution is 2.20. The third kappa shape index (κ3) is 4.68. The zero-order valence-electron chi connectivity index (χ0n) is 15.9. The predicted molar refractivity (Wildman–Crippen MR) is 107 cm³/mol. The molecule has 1 aliphatic rings. The van der Waals surface area contributed by atoms with Gasteiger partial charge in [0.2, 0.25) is 0 Å². The number of amides is 1. The molecule has 3 rings (SSSR count). The average molecular weight is 377 g/mol. The summed E-state index contributed by atoms with van der Waals surface area (Å²) in [7, 11) is 0. The zero-order valence-corrected chi connectivity index (χ0v) is 16.7. The fourth-order valence-corrected chi connectivity index (χ4v) is 3.69. The van der Waals surface area contributed by atoms with Crippen molar-refractivity contribution in [1.29, 1.82) is 0 Å². The second kappa shape index (κ2) is 9.24. The van der Waals surface area contributed by atoms with Gasteiger partial charge in [-0.05, 0) is 51.8 Å². The number of piperazine rings is 1. The molecule has 0 bridgehead atoms. The van der Waals surface area contributed by atoms with Gasteiger partial charge in [0, 0.05) is 25.2 Å². The molecule has 142 valence electrons. The molecule has 2 aromatic rings. The predicted octanol–water partition coefficient (Wildman–Crippen LogP) is 4.18. The summed E-state index contributed by atoms with van der Waals surface area (Å²) < 4.78 is 5.30. The van der Waals surface area contributed by atoms with Crippen LogP contribution in [-0.4, -0.2) is 47.4 Å². The minimum Gasteiger partial charge on any atom is -0.469 e. The number of halogens is 1. The third-order valence-corrected chi connectivity index (χ3v) is 5.22. The largest absolute Gasteiger partial charge is 0.469 e. The Kier molecular flexibility index (Phi) is 7.30. The molecule has 1 aromatic heterocycles. The van der Waals surface area contributed by atoms with Crippen molar-refractivity contribution in [2.45, 2.75) is 45.7 Å². The van der Waals surface area contributed by atoms with Crippen LogP contribution in [0, 0.1) is 6.92 Å². The van der Waals surface area contributed by atoms with Gasteiger partial charge in [0.1, 0.15) is 5.76 Å². The van der Waals surface area contributed by atoms with Crippen LogP contribution in [0.2, 0.25) is 0 Å². The van der Waals surface area contributed by atoms with Gasteiger partial charge in [-0.25, -0.2) is 0 Å². The van der Waals surface area contributed by atoms with Crippen molar-refractivity contribution in [3.8, 4) is 0 Å². The number of carbonyl (C=O) groups is 1. The monoisotopic (exact) mass is 376 g/mol. The Hall–Kier alpha value is -1.78. The molecule has 1 saturated heterocycles. The maximum Gasteiger partial charge on any atom is 0.257 e. The molecule has 0 N–H and O–H groups in total. The molecule has 5 heteroatoms. The van der Waals surface area contributed by atoms with Crippen molar-refractivity contribution >= 4 is 18.3 Å². The van der Waals surface area contributed by atoms with E-state index >= 15 is 0 Å². The second-order valence-corrected chi connectivity index (χ2v) is 7.13. The maximum absolute atomic E-state index is 12.8. The van der Waals surface area contributed by atoms with Gasteiger partial charge >= 0.3 is 0 Å². The van der Waals surface area contributed by atoms with Gasteiger partial charge in [-0.3, -0.25) is 9.69 Å². The van der Waals surface area contributed by atoms with Gasteiger partial charge in [-0.1, -0.05) is 30.3 Å². The van der Waals surface area contributed by atoms with Crippen molar-refractivity contribution in [3.63, 3.8) is 0 Å². The Balaban J connectivity index is 0.00000243. The van der Waals surface area contributed by atoms with Crippen LogP contribution in [0.4, 0.5) is 0 Å². The lowest BCUT2D eigenvalue weighted by molar-refractivity contribution is 0.0313. The van der Waals surface area contributed by atoms with Crippen LogP contribution in [0.25, 0.3) is 0 Å². The van der Waals surface area contributed by atoms with Crippen LogP contribution in [0.5, 0.6) is 0 Å². The highest BCUT2D eigenvalue weighted by atomic mass is 35.5. The van der Waals surface area contributed by atoms with Crippen LogP contribution >= 0.6 is 12.4 Å². The summed E-state index contributed by atoms with van der Waals surface area (Å²) >= 11 is 0. The van der Waals surface area contributed by atoms with Crippen molar-refractivity contribution in [3.05, 3.63) is 59.5 Å². The summed E-state index contributed by atoms with van der Waals surface area (Å²) in [5.74, 6) is 0.796. The Morgan fingerprint density at radius 2 is 1.85 bits per heavy atom. The van der Waals surface area contributed by atoms with Gasteiger partial charge in [-0.2, -0.15) is 0 Å². The first-order valence-corrected chi connectivity index (χ1v) is 9.19. The van der Waals surface area contributed by atoms with Gasteiger partial charge in [0.15, 0.2) is 0 Å². The Labute approximate surface area is 162 Å². The Bertz CT molecular complexity index is 701. The number of rotatable bonds is 5. The summed E-state index contributed by atoms with van der Waals surface area (Å²) in [4.78, 5) is 17.3. The number of hydrogen-bond donors (Lipinski definition) is 0. The van der Waals surface area contributed by atoms with Crippen LogP contribution in [0.1, 0.15) is 41.9 Å². The van der Waals surface area contributed by atoms with Gasteiger partial charge in [0.25, 0.3) is 5.91 Å². The Morgan fingerprint density at radius 1 is 1.12 bits per heavy atom. The van der Waals surface area contributed by atoms with E-state index in [2.05, 4.69) is 49.1 Å². The van der Waals surface area contributed by atoms with Crippen LogP contribution in [-0.2, 0) is 6.42 Å². The van der Waals surface area contributed by atoms with E-state index in [0.29, 0.717) is 17.4 Å². The first kappa shape index (κ1) is 20.5.